The predicted molar refractivity (Wildman–Crippen MR) is 80.1 cm³/mol. The molecule has 2 aromatic carbocycles. The molecule has 0 atom stereocenters. The minimum Gasteiger partial charge on any atom is -0.456 e. The summed E-state index contributed by atoms with van der Waals surface area (Å²) in [5.41, 5.74) is 15.0. The Kier molecular flexibility index (Phi) is 3.66. The summed E-state index contributed by atoms with van der Waals surface area (Å²) < 4.78 is 5.91. The highest BCUT2D eigenvalue weighted by Gasteiger charge is 2.14. The van der Waals surface area contributed by atoms with Gasteiger partial charge in [-0.15, -0.1) is 0 Å². The number of hydrogen-bond acceptors (Lipinski definition) is 3. The third kappa shape index (κ3) is 2.59. The summed E-state index contributed by atoms with van der Waals surface area (Å²) in [6.07, 6.45) is 0. The van der Waals surface area contributed by atoms with E-state index in [9.17, 15) is 4.79 Å². The zero-order valence-corrected chi connectivity index (χ0v) is 11.9. The fourth-order valence-corrected chi connectivity index (χ4v) is 2.02. The number of benzene rings is 2. The second-order valence-electron chi connectivity index (χ2n) is 4.88. The zero-order valence-electron chi connectivity index (χ0n) is 11.9. The molecule has 0 unspecified atom stereocenters. The molecule has 0 aliphatic rings. The maximum Gasteiger partial charge on any atom is 0.252 e. The van der Waals surface area contributed by atoms with Crippen LogP contribution in [0.1, 0.15) is 27.0 Å². The van der Waals surface area contributed by atoms with E-state index in [0.717, 1.165) is 22.4 Å². The highest BCUT2D eigenvalue weighted by Crippen LogP contribution is 2.33. The van der Waals surface area contributed by atoms with Crippen LogP contribution >= 0.6 is 0 Å². The van der Waals surface area contributed by atoms with Crippen molar-refractivity contribution in [3.8, 4) is 11.5 Å². The number of ether oxygens (including phenoxy) is 1. The Morgan fingerprint density at radius 2 is 1.70 bits per heavy atom. The van der Waals surface area contributed by atoms with Crippen molar-refractivity contribution in [1.29, 1.82) is 0 Å². The number of aryl methyl sites for hydroxylation is 2. The molecule has 0 aromatic heterocycles. The van der Waals surface area contributed by atoms with E-state index in [-0.39, 0.29) is 5.56 Å². The molecule has 0 saturated carbocycles. The number of primary amides is 1. The number of carbonyl (C=O) groups excluding carboxylic acids is 1. The number of carbonyl (C=O) groups is 1. The number of anilines is 1. The first kappa shape index (κ1) is 13.9. The van der Waals surface area contributed by atoms with Crippen molar-refractivity contribution in [2.24, 2.45) is 5.73 Å². The Balaban J connectivity index is 2.51. The Morgan fingerprint density at radius 3 is 2.35 bits per heavy atom. The van der Waals surface area contributed by atoms with Crippen LogP contribution in [0.4, 0.5) is 5.69 Å². The lowest BCUT2D eigenvalue weighted by atomic mass is 10.1. The average molecular weight is 270 g/mol. The molecule has 4 heteroatoms. The van der Waals surface area contributed by atoms with Crippen molar-refractivity contribution in [3.63, 3.8) is 0 Å². The summed E-state index contributed by atoms with van der Waals surface area (Å²) >= 11 is 0. The van der Waals surface area contributed by atoms with E-state index < -0.39 is 5.91 Å². The molecule has 2 rings (SSSR count). The molecular weight excluding hydrogens is 252 g/mol. The second kappa shape index (κ2) is 5.25. The van der Waals surface area contributed by atoms with Crippen molar-refractivity contribution >= 4 is 11.6 Å². The summed E-state index contributed by atoms with van der Waals surface area (Å²) in [5, 5.41) is 0. The first-order valence-corrected chi connectivity index (χ1v) is 6.34. The minimum atomic E-state index is -0.560. The number of nitrogen functional groups attached to an aromatic ring is 1. The lowest BCUT2D eigenvalue weighted by molar-refractivity contribution is 0.0998. The van der Waals surface area contributed by atoms with Crippen molar-refractivity contribution in [2.75, 3.05) is 5.73 Å². The van der Waals surface area contributed by atoms with Crippen LogP contribution in [0.15, 0.2) is 30.3 Å². The van der Waals surface area contributed by atoms with Crippen LogP contribution in [-0.4, -0.2) is 5.91 Å². The second-order valence-corrected chi connectivity index (χ2v) is 4.88. The van der Waals surface area contributed by atoms with Gasteiger partial charge in [-0.05, 0) is 55.7 Å². The van der Waals surface area contributed by atoms with E-state index in [1.807, 2.05) is 32.9 Å². The summed E-state index contributed by atoms with van der Waals surface area (Å²) in [4.78, 5) is 11.5. The fourth-order valence-electron chi connectivity index (χ4n) is 2.02. The first-order valence-electron chi connectivity index (χ1n) is 6.34. The number of hydrogen-bond donors (Lipinski definition) is 2. The van der Waals surface area contributed by atoms with Crippen LogP contribution in [-0.2, 0) is 0 Å². The van der Waals surface area contributed by atoms with E-state index in [4.69, 9.17) is 16.2 Å². The van der Waals surface area contributed by atoms with Gasteiger partial charge >= 0.3 is 0 Å². The van der Waals surface area contributed by atoms with Gasteiger partial charge in [0.1, 0.15) is 11.5 Å². The predicted octanol–water partition coefficient (Wildman–Crippen LogP) is 3.09. The first-order chi connectivity index (χ1) is 9.40. The van der Waals surface area contributed by atoms with Crippen molar-refractivity contribution < 1.29 is 9.53 Å². The average Bonchev–Trinajstić information content (AvgIpc) is 2.40. The molecule has 0 radical (unpaired) electrons. The van der Waals surface area contributed by atoms with Crippen LogP contribution in [0, 0.1) is 20.8 Å². The largest absolute Gasteiger partial charge is 0.456 e. The smallest absolute Gasteiger partial charge is 0.252 e. The highest BCUT2D eigenvalue weighted by atomic mass is 16.5. The van der Waals surface area contributed by atoms with Crippen molar-refractivity contribution in [3.05, 3.63) is 52.6 Å². The van der Waals surface area contributed by atoms with Gasteiger partial charge in [0.25, 0.3) is 5.91 Å². The molecule has 2 aromatic rings. The van der Waals surface area contributed by atoms with Gasteiger partial charge < -0.3 is 16.2 Å². The van der Waals surface area contributed by atoms with Gasteiger partial charge in [-0.3, -0.25) is 4.79 Å². The van der Waals surface area contributed by atoms with Gasteiger partial charge in [0.05, 0.1) is 5.56 Å². The summed E-state index contributed by atoms with van der Waals surface area (Å²) in [6, 6.07) is 8.89. The monoisotopic (exact) mass is 270 g/mol. The van der Waals surface area contributed by atoms with Crippen LogP contribution in [0.5, 0.6) is 11.5 Å². The Bertz CT molecular complexity index is 678. The van der Waals surface area contributed by atoms with Gasteiger partial charge in [-0.1, -0.05) is 12.1 Å². The van der Waals surface area contributed by atoms with E-state index in [2.05, 4.69) is 0 Å². The zero-order chi connectivity index (χ0) is 14.9. The van der Waals surface area contributed by atoms with Crippen LogP contribution in [0.2, 0.25) is 0 Å². The number of rotatable bonds is 3. The highest BCUT2D eigenvalue weighted by molar-refractivity contribution is 5.96. The lowest BCUT2D eigenvalue weighted by Crippen LogP contribution is -2.13. The number of amides is 1. The van der Waals surface area contributed by atoms with Gasteiger partial charge in [0.15, 0.2) is 0 Å². The molecule has 0 fully saturated rings. The van der Waals surface area contributed by atoms with E-state index in [1.165, 1.54) is 6.07 Å². The minimum absolute atomic E-state index is 0.283. The van der Waals surface area contributed by atoms with Crippen LogP contribution in [0.25, 0.3) is 0 Å². The van der Waals surface area contributed by atoms with Crippen molar-refractivity contribution in [1.82, 2.24) is 0 Å². The Hall–Kier alpha value is -2.49. The molecule has 104 valence electrons. The van der Waals surface area contributed by atoms with E-state index in [1.54, 1.807) is 12.1 Å². The Morgan fingerprint density at radius 1 is 1.05 bits per heavy atom. The topological polar surface area (TPSA) is 78.3 Å². The van der Waals surface area contributed by atoms with Gasteiger partial charge in [-0.2, -0.15) is 0 Å². The van der Waals surface area contributed by atoms with Crippen molar-refractivity contribution in [2.45, 2.75) is 20.8 Å². The maximum atomic E-state index is 11.5. The Labute approximate surface area is 118 Å². The van der Waals surface area contributed by atoms with Gasteiger partial charge in [0, 0.05) is 5.69 Å². The SMILES string of the molecule is Cc1ccc(C)c(Oc2ccc(N)cc2C(N)=O)c1C. The standard InChI is InChI=1S/C16H18N2O2/c1-9-4-5-10(2)15(11(9)3)20-14-7-6-12(17)8-13(14)16(18)19/h4-8H,17H2,1-3H3,(H2,18,19). The molecule has 0 aliphatic carbocycles. The molecule has 0 saturated heterocycles. The molecular formula is C16H18N2O2. The summed E-state index contributed by atoms with van der Waals surface area (Å²) in [6.45, 7) is 5.96. The number of nitrogens with two attached hydrogens (primary N) is 2. The molecule has 20 heavy (non-hydrogen) atoms. The maximum absolute atomic E-state index is 11.5. The molecule has 0 aliphatic heterocycles. The van der Waals surface area contributed by atoms with Crippen LogP contribution in [0.3, 0.4) is 0 Å². The molecule has 1 amide bonds. The molecule has 4 nitrogen and oxygen atoms in total. The third-order valence-electron chi connectivity index (χ3n) is 3.35. The van der Waals surface area contributed by atoms with Gasteiger partial charge in [0.2, 0.25) is 0 Å². The summed E-state index contributed by atoms with van der Waals surface area (Å²) in [5.74, 6) is 0.607. The molecule has 4 N–H and O–H groups in total. The molecule has 0 spiro atoms. The van der Waals surface area contributed by atoms with E-state index >= 15 is 0 Å². The quantitative estimate of drug-likeness (QED) is 0.841. The molecule has 0 bridgehead atoms. The van der Waals surface area contributed by atoms with Gasteiger partial charge in [-0.25, -0.2) is 0 Å². The van der Waals surface area contributed by atoms with E-state index in [0.29, 0.717) is 11.4 Å². The van der Waals surface area contributed by atoms with Crippen LogP contribution < -0.4 is 16.2 Å². The fraction of sp³-hybridized carbons (Fsp3) is 0.188. The molecule has 0 heterocycles. The lowest BCUT2D eigenvalue weighted by Gasteiger charge is -2.15. The third-order valence-corrected chi connectivity index (χ3v) is 3.35. The summed E-state index contributed by atoms with van der Waals surface area (Å²) in [7, 11) is 0. The normalized spacial score (nSPS) is 10.3.